The Balaban J connectivity index is 3.56. The lowest BCUT2D eigenvalue weighted by Gasteiger charge is -2.18. The number of ether oxygens (including phenoxy) is 1. The molecule has 2 atom stereocenters. The van der Waals surface area contributed by atoms with Crippen LogP contribution in [0, 0.1) is 0 Å². The number of hydrogen-bond acceptors (Lipinski definition) is 4. The molecule has 0 aromatic rings. The minimum atomic E-state index is -0.982. The van der Waals surface area contributed by atoms with Gasteiger partial charge in [-0.05, 0) is 6.92 Å². The SMILES string of the molecule is CCO[C@H](CO)C(O)CO. The van der Waals surface area contributed by atoms with Crippen molar-refractivity contribution in [2.45, 2.75) is 19.1 Å². The van der Waals surface area contributed by atoms with Gasteiger partial charge in [-0.2, -0.15) is 0 Å². The molecule has 0 aliphatic carbocycles. The minimum absolute atomic E-state index is 0.268. The largest absolute Gasteiger partial charge is 0.394 e. The summed E-state index contributed by atoms with van der Waals surface area (Å²) >= 11 is 0. The van der Waals surface area contributed by atoms with Crippen LogP contribution in [0.2, 0.25) is 0 Å². The van der Waals surface area contributed by atoms with Crippen LogP contribution in [0.4, 0.5) is 0 Å². The summed E-state index contributed by atoms with van der Waals surface area (Å²) in [5.74, 6) is 0. The van der Waals surface area contributed by atoms with E-state index in [2.05, 4.69) is 0 Å². The van der Waals surface area contributed by atoms with E-state index in [4.69, 9.17) is 20.1 Å². The topological polar surface area (TPSA) is 69.9 Å². The van der Waals surface area contributed by atoms with E-state index in [0.717, 1.165) is 0 Å². The second-order valence-corrected chi connectivity index (χ2v) is 1.93. The molecule has 4 heteroatoms. The molecule has 0 aromatic heterocycles. The van der Waals surface area contributed by atoms with Crippen LogP contribution in [-0.2, 0) is 4.74 Å². The van der Waals surface area contributed by atoms with Gasteiger partial charge in [0.2, 0.25) is 0 Å². The van der Waals surface area contributed by atoms with Crippen molar-refractivity contribution in [3.05, 3.63) is 0 Å². The normalized spacial score (nSPS) is 16.8. The van der Waals surface area contributed by atoms with Crippen LogP contribution in [0.25, 0.3) is 0 Å². The van der Waals surface area contributed by atoms with Crippen molar-refractivity contribution in [3.8, 4) is 0 Å². The van der Waals surface area contributed by atoms with Crippen LogP contribution in [0.1, 0.15) is 6.92 Å². The quantitative estimate of drug-likeness (QED) is 0.457. The fraction of sp³-hybridized carbons (Fsp3) is 1.00. The van der Waals surface area contributed by atoms with Crippen LogP contribution >= 0.6 is 0 Å². The average Bonchev–Trinajstić information content (AvgIpc) is 1.99. The zero-order valence-corrected chi connectivity index (χ0v) is 6.03. The Labute approximate surface area is 60.1 Å². The van der Waals surface area contributed by atoms with E-state index in [-0.39, 0.29) is 13.2 Å². The van der Waals surface area contributed by atoms with E-state index in [1.807, 2.05) is 0 Å². The smallest absolute Gasteiger partial charge is 0.109 e. The Kier molecular flexibility index (Phi) is 5.52. The summed E-state index contributed by atoms with van der Waals surface area (Å²) in [6, 6.07) is 0. The van der Waals surface area contributed by atoms with Crippen LogP contribution in [0.15, 0.2) is 0 Å². The highest BCUT2D eigenvalue weighted by Gasteiger charge is 2.16. The molecule has 0 saturated carbocycles. The first-order chi connectivity index (χ1) is 4.76. The van der Waals surface area contributed by atoms with Gasteiger partial charge in [-0.25, -0.2) is 0 Å². The van der Waals surface area contributed by atoms with Gasteiger partial charge in [0.25, 0.3) is 0 Å². The first-order valence-corrected chi connectivity index (χ1v) is 3.27. The molecular weight excluding hydrogens is 136 g/mol. The van der Waals surface area contributed by atoms with E-state index < -0.39 is 12.2 Å². The summed E-state index contributed by atoms with van der Waals surface area (Å²) in [5, 5.41) is 25.9. The van der Waals surface area contributed by atoms with E-state index >= 15 is 0 Å². The van der Waals surface area contributed by atoms with Gasteiger partial charge in [-0.1, -0.05) is 0 Å². The third kappa shape index (κ3) is 3.12. The van der Waals surface area contributed by atoms with Crippen LogP contribution in [-0.4, -0.2) is 47.3 Å². The Morgan fingerprint density at radius 1 is 1.30 bits per heavy atom. The van der Waals surface area contributed by atoms with Gasteiger partial charge in [0, 0.05) is 6.61 Å². The Hall–Kier alpha value is -0.160. The molecule has 0 saturated heterocycles. The molecule has 3 N–H and O–H groups in total. The molecule has 0 bridgehead atoms. The summed E-state index contributed by atoms with van der Waals surface area (Å²) in [4.78, 5) is 0. The van der Waals surface area contributed by atoms with Gasteiger partial charge in [0.15, 0.2) is 0 Å². The van der Waals surface area contributed by atoms with Gasteiger partial charge < -0.3 is 20.1 Å². The second-order valence-electron chi connectivity index (χ2n) is 1.93. The molecule has 0 aromatic carbocycles. The molecule has 0 rings (SSSR count). The van der Waals surface area contributed by atoms with E-state index in [1.165, 1.54) is 0 Å². The molecule has 62 valence electrons. The van der Waals surface area contributed by atoms with Gasteiger partial charge in [-0.3, -0.25) is 0 Å². The summed E-state index contributed by atoms with van der Waals surface area (Å²) in [5.41, 5.74) is 0. The summed E-state index contributed by atoms with van der Waals surface area (Å²) < 4.78 is 4.88. The lowest BCUT2D eigenvalue weighted by atomic mass is 10.2. The predicted molar refractivity (Wildman–Crippen MR) is 35.6 cm³/mol. The van der Waals surface area contributed by atoms with Gasteiger partial charge in [-0.15, -0.1) is 0 Å². The van der Waals surface area contributed by atoms with Gasteiger partial charge in [0.1, 0.15) is 12.2 Å². The summed E-state index contributed by atoms with van der Waals surface area (Å²) in [6.45, 7) is 1.52. The van der Waals surface area contributed by atoms with Crippen molar-refractivity contribution >= 4 is 0 Å². The maximum absolute atomic E-state index is 8.91. The number of hydrogen-bond donors (Lipinski definition) is 3. The highest BCUT2D eigenvalue weighted by Crippen LogP contribution is 1.97. The monoisotopic (exact) mass is 150 g/mol. The molecule has 0 amide bonds. The van der Waals surface area contributed by atoms with Crippen LogP contribution < -0.4 is 0 Å². The Bertz CT molecular complexity index is 76.1. The first kappa shape index (κ1) is 9.84. The maximum atomic E-state index is 8.91. The molecule has 0 aliphatic rings. The lowest BCUT2D eigenvalue weighted by molar-refractivity contribution is -0.0759. The summed E-state index contributed by atoms with van der Waals surface area (Å²) in [6.07, 6.45) is -1.64. The van der Waals surface area contributed by atoms with E-state index in [0.29, 0.717) is 6.61 Å². The Morgan fingerprint density at radius 3 is 2.20 bits per heavy atom. The summed E-state index contributed by atoms with van der Waals surface area (Å²) in [7, 11) is 0. The fourth-order valence-corrected chi connectivity index (χ4v) is 0.617. The molecule has 1 unspecified atom stereocenters. The van der Waals surface area contributed by atoms with Crippen molar-refractivity contribution in [2.24, 2.45) is 0 Å². The third-order valence-electron chi connectivity index (χ3n) is 1.18. The fourth-order valence-electron chi connectivity index (χ4n) is 0.617. The number of aliphatic hydroxyl groups excluding tert-OH is 3. The van der Waals surface area contributed by atoms with Gasteiger partial charge in [0.05, 0.1) is 13.2 Å². The van der Waals surface area contributed by atoms with Crippen molar-refractivity contribution in [1.29, 1.82) is 0 Å². The Morgan fingerprint density at radius 2 is 1.90 bits per heavy atom. The second kappa shape index (κ2) is 5.61. The average molecular weight is 150 g/mol. The molecular formula is C6H14O4. The number of rotatable bonds is 5. The first-order valence-electron chi connectivity index (χ1n) is 3.27. The number of aliphatic hydroxyl groups is 3. The van der Waals surface area contributed by atoms with E-state index in [1.54, 1.807) is 6.92 Å². The van der Waals surface area contributed by atoms with E-state index in [9.17, 15) is 0 Å². The maximum Gasteiger partial charge on any atom is 0.109 e. The zero-order chi connectivity index (χ0) is 7.98. The predicted octanol–water partition coefficient (Wildman–Crippen LogP) is -1.26. The standard InChI is InChI=1S/C6H14O4/c1-2-10-6(4-8)5(9)3-7/h5-9H,2-4H2,1H3/t5?,6-/m1/s1. The zero-order valence-electron chi connectivity index (χ0n) is 6.03. The van der Waals surface area contributed by atoms with Gasteiger partial charge >= 0.3 is 0 Å². The van der Waals surface area contributed by atoms with Crippen LogP contribution in [0.5, 0.6) is 0 Å². The molecule has 0 spiro atoms. The highest BCUT2D eigenvalue weighted by atomic mass is 16.5. The molecule has 0 radical (unpaired) electrons. The molecule has 0 aliphatic heterocycles. The van der Waals surface area contributed by atoms with Crippen molar-refractivity contribution < 1.29 is 20.1 Å². The lowest BCUT2D eigenvalue weighted by Crippen LogP contribution is -2.35. The van der Waals surface area contributed by atoms with Crippen molar-refractivity contribution in [1.82, 2.24) is 0 Å². The van der Waals surface area contributed by atoms with Crippen molar-refractivity contribution in [2.75, 3.05) is 19.8 Å². The molecule has 0 heterocycles. The highest BCUT2D eigenvalue weighted by molar-refractivity contribution is 4.65. The molecule has 10 heavy (non-hydrogen) atoms. The molecule has 0 fully saturated rings. The van der Waals surface area contributed by atoms with Crippen molar-refractivity contribution in [3.63, 3.8) is 0 Å². The third-order valence-corrected chi connectivity index (χ3v) is 1.18. The molecule has 4 nitrogen and oxygen atoms in total. The van der Waals surface area contributed by atoms with Crippen LogP contribution in [0.3, 0.4) is 0 Å². The minimum Gasteiger partial charge on any atom is -0.394 e.